The second-order valence-corrected chi connectivity index (χ2v) is 22.6. The first-order chi connectivity index (χ1) is 8.04. The van der Waals surface area contributed by atoms with Crippen LogP contribution in [-0.4, -0.2) is 18.4 Å². The van der Waals surface area contributed by atoms with E-state index in [4.69, 9.17) is 0 Å². The van der Waals surface area contributed by atoms with E-state index in [1.165, 1.54) is 44.9 Å². The molecule has 2 heteroatoms. The molecule has 0 aliphatic heterocycles. The summed E-state index contributed by atoms with van der Waals surface area (Å²) in [6.45, 7) is 2.28. The van der Waals surface area contributed by atoms with Crippen molar-refractivity contribution in [3.05, 3.63) is 17.0 Å². The van der Waals surface area contributed by atoms with Gasteiger partial charge < -0.3 is 0 Å². The Morgan fingerprint density at radius 1 is 0.941 bits per heavy atom. The third-order valence-corrected chi connectivity index (χ3v) is 13.8. The number of hydrogen-bond donors (Lipinski definition) is 0. The number of aryl methyl sites for hydroxylation is 1. The Morgan fingerprint density at radius 2 is 1.59 bits per heavy atom. The molecule has 98 valence electrons. The van der Waals surface area contributed by atoms with Gasteiger partial charge in [-0.05, 0) is 0 Å². The minimum atomic E-state index is -1.77. The summed E-state index contributed by atoms with van der Waals surface area (Å²) in [6.07, 6.45) is 9.78. The van der Waals surface area contributed by atoms with Crippen LogP contribution in [-0.2, 0) is 6.42 Å². The zero-order valence-corrected chi connectivity index (χ0v) is 15.7. The molecule has 1 aromatic rings. The van der Waals surface area contributed by atoms with Crippen molar-refractivity contribution in [2.45, 2.75) is 66.7 Å². The summed E-state index contributed by atoms with van der Waals surface area (Å²) in [6, 6.07) is 4.79. The molecular weight excluding hydrogens is 331 g/mol. The number of thiophene rings is 1. The van der Waals surface area contributed by atoms with E-state index in [1.807, 2.05) is 0 Å². The van der Waals surface area contributed by atoms with Crippen LogP contribution in [0.4, 0.5) is 0 Å². The zero-order valence-electron chi connectivity index (χ0n) is 12.0. The van der Waals surface area contributed by atoms with E-state index in [0.717, 1.165) is 0 Å². The predicted octanol–water partition coefficient (Wildman–Crippen LogP) is 5.20. The molecule has 0 unspecified atom stereocenters. The SMILES string of the molecule is CCCCCCCCc1cc[c]([Sn]([CH3])([CH3])[CH3])s1. The summed E-state index contributed by atoms with van der Waals surface area (Å²) in [5, 5.41) is 0. The topological polar surface area (TPSA) is 0 Å². The number of rotatable bonds is 8. The quantitative estimate of drug-likeness (QED) is 0.442. The second kappa shape index (κ2) is 7.83. The third-order valence-electron chi connectivity index (χ3n) is 3.18. The molecule has 0 spiro atoms. The van der Waals surface area contributed by atoms with Gasteiger partial charge in [-0.15, -0.1) is 0 Å². The van der Waals surface area contributed by atoms with Crippen LogP contribution in [0, 0.1) is 0 Å². The molecule has 1 aromatic heterocycles. The zero-order chi connectivity index (χ0) is 12.7. The number of unbranched alkanes of at least 4 members (excludes halogenated alkanes) is 5. The summed E-state index contributed by atoms with van der Waals surface area (Å²) < 4.78 is 1.74. The molecule has 1 heterocycles. The Labute approximate surface area is 116 Å². The van der Waals surface area contributed by atoms with Gasteiger partial charge in [0.15, 0.2) is 0 Å². The van der Waals surface area contributed by atoms with Crippen LogP contribution < -0.4 is 2.89 Å². The molecule has 0 nitrogen and oxygen atoms in total. The molecule has 0 saturated heterocycles. The molecule has 0 aliphatic carbocycles. The minimum absolute atomic E-state index is 1.32. The van der Waals surface area contributed by atoms with Crippen LogP contribution in [0.3, 0.4) is 0 Å². The van der Waals surface area contributed by atoms with Crippen molar-refractivity contribution in [2.75, 3.05) is 0 Å². The van der Waals surface area contributed by atoms with Crippen molar-refractivity contribution in [3.63, 3.8) is 0 Å². The molecule has 0 fully saturated rings. The monoisotopic (exact) mass is 360 g/mol. The van der Waals surface area contributed by atoms with E-state index in [2.05, 4.69) is 45.2 Å². The van der Waals surface area contributed by atoms with Gasteiger partial charge in [0, 0.05) is 0 Å². The van der Waals surface area contributed by atoms with Crippen molar-refractivity contribution < 1.29 is 0 Å². The van der Waals surface area contributed by atoms with Gasteiger partial charge in [0.2, 0.25) is 0 Å². The van der Waals surface area contributed by atoms with E-state index >= 15 is 0 Å². The maximum atomic E-state index is 2.51. The van der Waals surface area contributed by atoms with Gasteiger partial charge in [-0.1, -0.05) is 0 Å². The predicted molar refractivity (Wildman–Crippen MR) is 84.4 cm³/mol. The molecule has 0 radical (unpaired) electrons. The van der Waals surface area contributed by atoms with Gasteiger partial charge >= 0.3 is 116 Å². The fraction of sp³-hybridized carbons (Fsp3) is 0.733. The summed E-state index contributed by atoms with van der Waals surface area (Å²) in [4.78, 5) is 9.15. The van der Waals surface area contributed by atoms with E-state index in [9.17, 15) is 0 Å². The summed E-state index contributed by atoms with van der Waals surface area (Å²) in [5.74, 6) is 0. The normalized spacial score (nSPS) is 12.0. The first-order valence-corrected chi connectivity index (χ1v) is 17.9. The van der Waals surface area contributed by atoms with Gasteiger partial charge in [-0.25, -0.2) is 0 Å². The van der Waals surface area contributed by atoms with Gasteiger partial charge in [0.05, 0.1) is 0 Å². The maximum absolute atomic E-state index is 2.51. The van der Waals surface area contributed by atoms with Gasteiger partial charge in [0.1, 0.15) is 0 Å². The molecule has 0 amide bonds. The second-order valence-electron chi connectivity index (χ2n) is 6.03. The van der Waals surface area contributed by atoms with Crippen LogP contribution in [0.15, 0.2) is 12.1 Å². The van der Waals surface area contributed by atoms with Crippen molar-refractivity contribution in [3.8, 4) is 0 Å². The van der Waals surface area contributed by atoms with Gasteiger partial charge in [0.25, 0.3) is 0 Å². The van der Waals surface area contributed by atoms with Crippen LogP contribution in [0.25, 0.3) is 0 Å². The van der Waals surface area contributed by atoms with Gasteiger partial charge in [-0.3, -0.25) is 0 Å². The Balaban J connectivity index is 2.21. The van der Waals surface area contributed by atoms with Gasteiger partial charge in [-0.2, -0.15) is 0 Å². The van der Waals surface area contributed by atoms with Crippen molar-refractivity contribution in [1.29, 1.82) is 0 Å². The Morgan fingerprint density at radius 3 is 2.18 bits per heavy atom. The first-order valence-electron chi connectivity index (χ1n) is 7.13. The van der Waals surface area contributed by atoms with E-state index in [0.29, 0.717) is 0 Å². The molecular formula is C15H28SSn. The summed E-state index contributed by atoms with van der Waals surface area (Å²) in [5.41, 5.74) is 0. The fourth-order valence-electron chi connectivity index (χ4n) is 1.99. The Hall–Kier alpha value is 0.499. The molecule has 0 aliphatic rings. The average Bonchev–Trinajstić information content (AvgIpc) is 2.71. The molecule has 0 bridgehead atoms. The molecule has 0 atom stereocenters. The summed E-state index contributed by atoms with van der Waals surface area (Å²) in [7, 11) is 0. The summed E-state index contributed by atoms with van der Waals surface area (Å²) >= 11 is 0.334. The van der Waals surface area contributed by atoms with Crippen LogP contribution in [0.2, 0.25) is 14.8 Å². The third kappa shape index (κ3) is 6.28. The van der Waals surface area contributed by atoms with E-state index in [1.54, 1.807) is 7.77 Å². The van der Waals surface area contributed by atoms with E-state index < -0.39 is 18.4 Å². The van der Waals surface area contributed by atoms with Crippen LogP contribution in [0.1, 0.15) is 50.3 Å². The van der Waals surface area contributed by atoms with Crippen molar-refractivity contribution in [2.24, 2.45) is 0 Å². The average molecular weight is 359 g/mol. The van der Waals surface area contributed by atoms with Crippen LogP contribution >= 0.6 is 11.3 Å². The van der Waals surface area contributed by atoms with Crippen molar-refractivity contribution in [1.82, 2.24) is 0 Å². The standard InChI is InChI=1S/C12H19S.3CH3.Sn/c1-2-3-4-5-6-7-9-12-10-8-11-13-12;;;;/h8,10H,2-7,9H2,1H3;3*1H3;. The Kier molecular flexibility index (Phi) is 7.16. The van der Waals surface area contributed by atoms with Crippen LogP contribution in [0.5, 0.6) is 0 Å². The molecule has 0 aromatic carbocycles. The molecule has 17 heavy (non-hydrogen) atoms. The first kappa shape index (κ1) is 15.6. The molecule has 0 N–H and O–H groups in total. The van der Waals surface area contributed by atoms with Crippen molar-refractivity contribution >= 4 is 32.6 Å². The Bertz CT molecular complexity index is 309. The molecule has 0 saturated carbocycles. The fourth-order valence-corrected chi connectivity index (χ4v) is 8.51. The number of hydrogen-bond acceptors (Lipinski definition) is 1. The molecule has 1 rings (SSSR count). The van der Waals surface area contributed by atoms with E-state index in [-0.39, 0.29) is 0 Å².